The fourth-order valence-electron chi connectivity index (χ4n) is 4.99. The molecule has 0 aromatic heterocycles. The first-order chi connectivity index (χ1) is 16.5. The molecule has 0 bridgehead atoms. The van der Waals surface area contributed by atoms with E-state index in [2.05, 4.69) is 165 Å². The van der Waals surface area contributed by atoms with E-state index in [0.29, 0.717) is 0 Å². The summed E-state index contributed by atoms with van der Waals surface area (Å²) in [5.41, 5.74) is 0. The summed E-state index contributed by atoms with van der Waals surface area (Å²) in [6.07, 6.45) is 0. The van der Waals surface area contributed by atoms with Crippen molar-refractivity contribution in [3.05, 3.63) is 121 Å². The number of rotatable bonds is 4. The van der Waals surface area contributed by atoms with Crippen molar-refractivity contribution in [2.75, 3.05) is 0 Å². The molecule has 6 rings (SSSR count). The van der Waals surface area contributed by atoms with Gasteiger partial charge in [-0.15, -0.1) is 0 Å². The minimum absolute atomic E-state index is 1.58. The minimum atomic E-state index is -3.11. The van der Waals surface area contributed by atoms with Gasteiger partial charge in [-0.3, -0.25) is 0 Å². The molecule has 0 atom stereocenters. The third kappa shape index (κ3) is 4.04. The predicted molar refractivity (Wildman–Crippen MR) is 169 cm³/mol. The summed E-state index contributed by atoms with van der Waals surface area (Å²) in [6, 6.07) is 46.7. The Labute approximate surface area is 222 Å². The van der Waals surface area contributed by atoms with Gasteiger partial charge in [0.15, 0.2) is 0 Å². The van der Waals surface area contributed by atoms with E-state index in [1.807, 2.05) is 0 Å². The van der Waals surface area contributed by atoms with E-state index in [-0.39, 0.29) is 0 Å². The Hall–Kier alpha value is 0.558. The van der Waals surface area contributed by atoms with Gasteiger partial charge in [0.05, 0.1) is 0 Å². The zero-order valence-electron chi connectivity index (χ0n) is 19.2. The van der Waals surface area contributed by atoms with E-state index in [0.717, 1.165) is 0 Å². The molecule has 0 N–H and O–H groups in total. The number of hydrogen-bond acceptors (Lipinski definition) is 4. The second kappa shape index (κ2) is 9.70. The number of fused-ring (bicyclic) bond motifs is 1. The molecule has 2 saturated heterocycles. The summed E-state index contributed by atoms with van der Waals surface area (Å²) in [7, 11) is 10.4. The van der Waals surface area contributed by atoms with Gasteiger partial charge in [0, 0.05) is 0 Å². The zero-order chi connectivity index (χ0) is 23.3. The van der Waals surface area contributed by atoms with E-state index in [9.17, 15) is 0 Å². The van der Waals surface area contributed by atoms with Crippen LogP contribution in [-0.4, -0.2) is 48.1 Å². The molecule has 170 valence electrons. The van der Waals surface area contributed by atoms with Gasteiger partial charge in [-0.1, -0.05) is 0 Å². The monoisotopic (exact) mass is 938 g/mol. The molecule has 0 saturated carbocycles. The van der Waals surface area contributed by atoms with E-state index in [1.54, 1.807) is 12.5 Å². The molecule has 0 radical (unpaired) electrons. The Balaban J connectivity index is 1.51. The first-order valence-electron chi connectivity index (χ1n) is 11.5. The predicted octanol–water partition coefficient (Wildman–Crippen LogP) is 5.68. The molecule has 34 heavy (non-hydrogen) atoms. The summed E-state index contributed by atoms with van der Waals surface area (Å²) in [4.78, 5) is 0. The molecule has 2 aliphatic rings. The van der Waals surface area contributed by atoms with Crippen molar-refractivity contribution < 1.29 is 0 Å². The van der Waals surface area contributed by atoms with Crippen LogP contribution in [0.15, 0.2) is 121 Å². The maximum atomic E-state index is 2.79. The molecule has 0 unspecified atom stereocenters. The van der Waals surface area contributed by atoms with Crippen LogP contribution in [0.5, 0.6) is 0 Å². The second-order valence-corrected chi connectivity index (χ2v) is 111. The molecule has 2 heterocycles. The van der Waals surface area contributed by atoms with Gasteiger partial charge in [0.2, 0.25) is 0 Å². The van der Waals surface area contributed by atoms with E-state index < -0.39 is 48.1 Å². The molecular formula is C26H26Pb2S4Si2. The van der Waals surface area contributed by atoms with Crippen LogP contribution in [-0.2, 0) is 0 Å². The van der Waals surface area contributed by atoms with Crippen LogP contribution >= 0.6 is 31.0 Å². The topological polar surface area (TPSA) is 0 Å². The quantitative estimate of drug-likeness (QED) is 0.242. The van der Waals surface area contributed by atoms with Crippen LogP contribution in [0, 0.1) is 0 Å². The SMILES string of the molecule is C[Si]12[S][Pb]([c]3ccccc3)([c]3ccccc3)[S][Si]1(C)[S][Pb]([c]1ccccc1)([c]1ccccc1)[S]2. The summed E-state index contributed by atoms with van der Waals surface area (Å²) in [5.74, 6) is -3.17. The van der Waals surface area contributed by atoms with E-state index in [4.69, 9.17) is 0 Å². The van der Waals surface area contributed by atoms with Gasteiger partial charge in [0.1, 0.15) is 0 Å². The van der Waals surface area contributed by atoms with Crippen molar-refractivity contribution in [2.45, 2.75) is 13.1 Å². The van der Waals surface area contributed by atoms with Crippen molar-refractivity contribution in [3.63, 3.8) is 0 Å². The molecule has 0 aliphatic carbocycles. The number of hydrogen-bond donors (Lipinski definition) is 0. The van der Waals surface area contributed by atoms with Gasteiger partial charge in [0.25, 0.3) is 0 Å². The average molecular weight is 937 g/mol. The van der Waals surface area contributed by atoms with Gasteiger partial charge in [-0.25, -0.2) is 0 Å². The summed E-state index contributed by atoms with van der Waals surface area (Å²) < 4.78 is 6.76. The van der Waals surface area contributed by atoms with Gasteiger partial charge < -0.3 is 0 Å². The van der Waals surface area contributed by atoms with Crippen LogP contribution in [0.3, 0.4) is 0 Å². The van der Waals surface area contributed by atoms with Gasteiger partial charge >= 0.3 is 226 Å². The molecule has 4 aromatic carbocycles. The fraction of sp³-hybridized carbons (Fsp3) is 0.0769. The Morgan fingerprint density at radius 2 is 0.588 bits per heavy atom. The Kier molecular flexibility index (Phi) is 7.10. The molecule has 2 aliphatic heterocycles. The standard InChI is InChI=1S/4C6H5.C2H6S4Si2.2Pb/c4*1-2-4-6-5-3-1;1-7(3,4)8(2,5)6;;/h4*1-5H;1-2H3;;/q;;;;-4;2*+2. The third-order valence-electron chi connectivity index (χ3n) is 6.79. The molecule has 8 heteroatoms. The Bertz CT molecular complexity index is 1100. The van der Waals surface area contributed by atoms with Crippen LogP contribution < -0.4 is 12.5 Å². The van der Waals surface area contributed by atoms with E-state index >= 15 is 0 Å². The Morgan fingerprint density at radius 3 is 0.794 bits per heavy atom. The van der Waals surface area contributed by atoms with Gasteiger partial charge in [-0.05, 0) is 0 Å². The molecule has 0 nitrogen and oxygen atoms in total. The van der Waals surface area contributed by atoms with Crippen LogP contribution in [0.2, 0.25) is 13.1 Å². The van der Waals surface area contributed by atoms with Crippen molar-refractivity contribution in [1.29, 1.82) is 0 Å². The van der Waals surface area contributed by atoms with Crippen molar-refractivity contribution in [1.82, 2.24) is 0 Å². The van der Waals surface area contributed by atoms with Crippen molar-refractivity contribution in [3.8, 4) is 0 Å². The first kappa shape index (κ1) is 24.9. The third-order valence-corrected chi connectivity index (χ3v) is 257. The fourth-order valence-corrected chi connectivity index (χ4v) is 612. The summed E-state index contributed by atoms with van der Waals surface area (Å²) in [6.45, 7) is 5.58. The summed E-state index contributed by atoms with van der Waals surface area (Å²) >= 11 is -6.22. The molecule has 0 spiro atoms. The van der Waals surface area contributed by atoms with Gasteiger partial charge in [-0.2, -0.15) is 0 Å². The Morgan fingerprint density at radius 1 is 0.382 bits per heavy atom. The zero-order valence-corrected chi connectivity index (χ0v) is 32.2. The average Bonchev–Trinajstić information content (AvgIpc) is 3.26. The first-order valence-corrected chi connectivity index (χ1v) is 50.5. The maximum absolute atomic E-state index is 3.11. The molecule has 2 fully saturated rings. The second-order valence-electron chi connectivity index (χ2n) is 9.00. The molecule has 4 aromatic rings. The van der Waals surface area contributed by atoms with E-state index in [1.165, 1.54) is 0 Å². The number of benzene rings is 4. The van der Waals surface area contributed by atoms with Crippen molar-refractivity contribution in [2.24, 2.45) is 0 Å². The normalized spacial score (nSPS) is 26.8. The molecular weight excluding hydrogens is 911 g/mol. The van der Waals surface area contributed by atoms with Crippen LogP contribution in [0.25, 0.3) is 0 Å². The van der Waals surface area contributed by atoms with Crippen LogP contribution in [0.4, 0.5) is 0 Å². The van der Waals surface area contributed by atoms with Crippen molar-refractivity contribution >= 4 is 91.7 Å². The van der Waals surface area contributed by atoms with Crippen LogP contribution in [0.1, 0.15) is 0 Å². The summed E-state index contributed by atoms with van der Waals surface area (Å²) in [5, 5.41) is 0. The molecule has 0 amide bonds.